The summed E-state index contributed by atoms with van der Waals surface area (Å²) in [5.41, 5.74) is -0.261. The van der Waals surface area contributed by atoms with E-state index in [1.165, 1.54) is 11.0 Å². The van der Waals surface area contributed by atoms with E-state index in [-0.39, 0.29) is 25.3 Å². The normalized spacial score (nSPS) is 16.8. The first-order valence-corrected chi connectivity index (χ1v) is 7.24. The van der Waals surface area contributed by atoms with Gasteiger partial charge in [0.05, 0.1) is 37.5 Å². The van der Waals surface area contributed by atoms with Crippen LogP contribution in [-0.2, 0) is 17.5 Å². The molecule has 1 aromatic rings. The number of likely N-dealkylation sites (tertiary alicyclic amines) is 1. The monoisotopic (exact) mass is 332 g/mol. The van der Waals surface area contributed by atoms with Crippen molar-refractivity contribution in [2.24, 2.45) is 0 Å². The van der Waals surface area contributed by atoms with Crippen molar-refractivity contribution in [2.75, 3.05) is 19.6 Å². The Bertz CT molecular complexity index is 543. The summed E-state index contributed by atoms with van der Waals surface area (Å²) >= 11 is 0. The molecule has 0 saturated carbocycles. The molecular formula is C15H19F3N2O3. The van der Waals surface area contributed by atoms with Gasteiger partial charge in [-0.1, -0.05) is 12.1 Å². The minimum Gasteiger partial charge on any atom is -0.392 e. The Morgan fingerprint density at radius 2 is 2.17 bits per heavy atom. The molecule has 1 aromatic carbocycles. The number of ether oxygens (including phenoxy) is 1. The summed E-state index contributed by atoms with van der Waals surface area (Å²) in [5.74, 6) is 0. The number of halogens is 3. The lowest BCUT2D eigenvalue weighted by Crippen LogP contribution is -2.58. The van der Waals surface area contributed by atoms with Gasteiger partial charge in [0.1, 0.15) is 0 Å². The van der Waals surface area contributed by atoms with Crippen LogP contribution in [0.4, 0.5) is 18.0 Å². The molecule has 23 heavy (non-hydrogen) atoms. The number of alkyl halides is 3. The molecule has 0 bridgehead atoms. The number of amides is 2. The maximum Gasteiger partial charge on any atom is 0.416 e. The number of hydrogen-bond donors (Lipinski definition) is 2. The number of benzene rings is 1. The van der Waals surface area contributed by atoms with Gasteiger partial charge in [-0.25, -0.2) is 4.79 Å². The van der Waals surface area contributed by atoms with Crippen molar-refractivity contribution in [3.8, 4) is 0 Å². The van der Waals surface area contributed by atoms with Gasteiger partial charge in [0.25, 0.3) is 0 Å². The third-order valence-corrected chi connectivity index (χ3v) is 3.42. The van der Waals surface area contributed by atoms with Crippen molar-refractivity contribution < 1.29 is 27.8 Å². The molecule has 2 amide bonds. The second-order valence-electron chi connectivity index (χ2n) is 5.57. The van der Waals surface area contributed by atoms with Gasteiger partial charge in [-0.2, -0.15) is 13.2 Å². The summed E-state index contributed by atoms with van der Waals surface area (Å²) in [6.07, 6.45) is -5.18. The van der Waals surface area contributed by atoms with E-state index in [2.05, 4.69) is 5.32 Å². The van der Waals surface area contributed by atoms with Crippen LogP contribution in [0, 0.1) is 0 Å². The third kappa shape index (κ3) is 5.11. The highest BCUT2D eigenvalue weighted by Crippen LogP contribution is 2.29. The van der Waals surface area contributed by atoms with Crippen LogP contribution in [0.1, 0.15) is 18.1 Å². The van der Waals surface area contributed by atoms with Gasteiger partial charge < -0.3 is 20.1 Å². The Balaban J connectivity index is 1.74. The van der Waals surface area contributed by atoms with E-state index < -0.39 is 17.8 Å². The van der Waals surface area contributed by atoms with Crippen LogP contribution in [0.5, 0.6) is 0 Å². The molecule has 8 heteroatoms. The SMILES string of the molecule is CC(O)CNC(=O)N1CC(OCc2cccc(C(F)(F)F)c2)C1. The first-order chi connectivity index (χ1) is 10.8. The van der Waals surface area contributed by atoms with Crippen LogP contribution >= 0.6 is 0 Å². The number of rotatable bonds is 5. The van der Waals surface area contributed by atoms with Gasteiger partial charge in [0.15, 0.2) is 0 Å². The number of urea groups is 1. The fourth-order valence-corrected chi connectivity index (χ4v) is 2.11. The van der Waals surface area contributed by atoms with E-state index in [4.69, 9.17) is 9.84 Å². The molecule has 128 valence electrons. The Labute approximate surface area is 132 Å². The largest absolute Gasteiger partial charge is 0.416 e. The zero-order valence-corrected chi connectivity index (χ0v) is 12.6. The van der Waals surface area contributed by atoms with Crippen molar-refractivity contribution in [1.29, 1.82) is 0 Å². The second-order valence-corrected chi connectivity index (χ2v) is 5.57. The topological polar surface area (TPSA) is 61.8 Å². The predicted molar refractivity (Wildman–Crippen MR) is 76.7 cm³/mol. The summed E-state index contributed by atoms with van der Waals surface area (Å²) in [7, 11) is 0. The fourth-order valence-electron chi connectivity index (χ4n) is 2.11. The maximum absolute atomic E-state index is 12.6. The molecule has 1 heterocycles. The highest BCUT2D eigenvalue weighted by molar-refractivity contribution is 5.75. The lowest BCUT2D eigenvalue weighted by Gasteiger charge is -2.38. The van der Waals surface area contributed by atoms with E-state index >= 15 is 0 Å². The summed E-state index contributed by atoms with van der Waals surface area (Å²) in [6, 6.07) is 4.70. The van der Waals surface area contributed by atoms with Gasteiger partial charge in [-0.3, -0.25) is 0 Å². The molecule has 0 aromatic heterocycles. The number of carbonyl (C=O) groups excluding carboxylic acids is 1. The lowest BCUT2D eigenvalue weighted by molar-refractivity contribution is -0.137. The van der Waals surface area contributed by atoms with Gasteiger partial charge in [0.2, 0.25) is 0 Å². The van der Waals surface area contributed by atoms with E-state index in [0.29, 0.717) is 18.7 Å². The Kier molecular flexibility index (Phi) is 5.48. The molecule has 1 atom stereocenters. The maximum atomic E-state index is 12.6. The first-order valence-electron chi connectivity index (χ1n) is 7.24. The van der Waals surface area contributed by atoms with E-state index in [0.717, 1.165) is 12.1 Å². The fraction of sp³-hybridized carbons (Fsp3) is 0.533. The molecule has 1 saturated heterocycles. The number of carbonyl (C=O) groups is 1. The molecule has 1 fully saturated rings. The number of nitrogens with zero attached hydrogens (tertiary/aromatic N) is 1. The Morgan fingerprint density at radius 3 is 2.78 bits per heavy atom. The molecule has 5 nitrogen and oxygen atoms in total. The minimum atomic E-state index is -4.37. The summed E-state index contributed by atoms with van der Waals surface area (Å²) in [5, 5.41) is 11.6. The standard InChI is InChI=1S/C15H19F3N2O3/c1-10(21)6-19-14(22)20-7-13(8-20)23-9-11-3-2-4-12(5-11)15(16,17)18/h2-5,10,13,21H,6-9H2,1H3,(H,19,22). The van der Waals surface area contributed by atoms with Gasteiger partial charge in [-0.15, -0.1) is 0 Å². The highest BCUT2D eigenvalue weighted by Gasteiger charge is 2.32. The molecule has 2 rings (SSSR count). The number of hydrogen-bond acceptors (Lipinski definition) is 3. The van der Waals surface area contributed by atoms with Crippen molar-refractivity contribution in [1.82, 2.24) is 10.2 Å². The summed E-state index contributed by atoms with van der Waals surface area (Å²) < 4.78 is 43.3. The molecular weight excluding hydrogens is 313 g/mol. The van der Waals surface area contributed by atoms with Crippen LogP contribution in [-0.4, -0.2) is 47.9 Å². The van der Waals surface area contributed by atoms with E-state index in [1.807, 2.05) is 0 Å². The van der Waals surface area contributed by atoms with Gasteiger partial charge >= 0.3 is 12.2 Å². The second kappa shape index (κ2) is 7.18. The zero-order chi connectivity index (χ0) is 17.0. The number of nitrogens with one attached hydrogen (secondary N) is 1. The molecule has 0 radical (unpaired) electrons. The first kappa shape index (κ1) is 17.6. The van der Waals surface area contributed by atoms with Crippen LogP contribution in [0.3, 0.4) is 0 Å². The summed E-state index contributed by atoms with van der Waals surface area (Å²) in [4.78, 5) is 13.1. The highest BCUT2D eigenvalue weighted by atomic mass is 19.4. The van der Waals surface area contributed by atoms with Crippen LogP contribution in [0.15, 0.2) is 24.3 Å². The zero-order valence-electron chi connectivity index (χ0n) is 12.6. The minimum absolute atomic E-state index is 0.0672. The average Bonchev–Trinajstić information content (AvgIpc) is 2.42. The average molecular weight is 332 g/mol. The smallest absolute Gasteiger partial charge is 0.392 e. The molecule has 0 spiro atoms. The molecule has 1 aliphatic heterocycles. The molecule has 0 aliphatic carbocycles. The summed E-state index contributed by atoms with van der Waals surface area (Å²) in [6.45, 7) is 2.56. The molecule has 1 unspecified atom stereocenters. The Morgan fingerprint density at radius 1 is 1.48 bits per heavy atom. The Hall–Kier alpha value is -1.80. The van der Waals surface area contributed by atoms with Crippen molar-refractivity contribution in [3.63, 3.8) is 0 Å². The van der Waals surface area contributed by atoms with Crippen LogP contribution in [0.2, 0.25) is 0 Å². The molecule has 1 aliphatic rings. The van der Waals surface area contributed by atoms with Gasteiger partial charge in [0, 0.05) is 6.54 Å². The van der Waals surface area contributed by atoms with Crippen LogP contribution < -0.4 is 5.32 Å². The number of aliphatic hydroxyl groups excluding tert-OH is 1. The number of aliphatic hydroxyl groups is 1. The molecule has 2 N–H and O–H groups in total. The van der Waals surface area contributed by atoms with E-state index in [9.17, 15) is 18.0 Å². The van der Waals surface area contributed by atoms with Crippen molar-refractivity contribution in [2.45, 2.75) is 31.9 Å². The van der Waals surface area contributed by atoms with E-state index in [1.54, 1.807) is 13.0 Å². The predicted octanol–water partition coefficient (Wildman–Crippen LogP) is 2.00. The van der Waals surface area contributed by atoms with Crippen molar-refractivity contribution in [3.05, 3.63) is 35.4 Å². The lowest BCUT2D eigenvalue weighted by atomic mass is 10.1. The van der Waals surface area contributed by atoms with Crippen LogP contribution in [0.25, 0.3) is 0 Å². The third-order valence-electron chi connectivity index (χ3n) is 3.42. The van der Waals surface area contributed by atoms with Crippen molar-refractivity contribution >= 4 is 6.03 Å². The van der Waals surface area contributed by atoms with Gasteiger partial charge in [-0.05, 0) is 24.6 Å². The quantitative estimate of drug-likeness (QED) is 0.867.